The molecule has 2 aliphatic heterocycles. The van der Waals surface area contributed by atoms with Gasteiger partial charge in [-0.05, 0) is 54.0 Å². The molecule has 188 valence electrons. The van der Waals surface area contributed by atoms with E-state index in [0.717, 1.165) is 17.3 Å². The summed E-state index contributed by atoms with van der Waals surface area (Å²) in [5, 5.41) is 0. The molecule has 0 spiro atoms. The lowest BCUT2D eigenvalue weighted by molar-refractivity contribution is -0.129. The normalized spacial score (nSPS) is 20.3. The van der Waals surface area contributed by atoms with Gasteiger partial charge in [-0.2, -0.15) is 0 Å². The van der Waals surface area contributed by atoms with E-state index in [1.165, 1.54) is 18.1 Å². The Kier molecular flexibility index (Phi) is 7.82. The number of carbonyl (C=O) groups is 2. The zero-order valence-corrected chi connectivity index (χ0v) is 22.0. The highest BCUT2D eigenvalue weighted by Crippen LogP contribution is 2.37. The van der Waals surface area contributed by atoms with Crippen LogP contribution in [0.5, 0.6) is 17.2 Å². The number of esters is 1. The molecular weight excluding hydrogens is 522 g/mol. The molecular formula is C25H23NO7S3. The van der Waals surface area contributed by atoms with Gasteiger partial charge in [-0.15, -0.1) is 0 Å². The van der Waals surface area contributed by atoms with Gasteiger partial charge in [-0.3, -0.25) is 9.69 Å². The summed E-state index contributed by atoms with van der Waals surface area (Å²) >= 11 is 6.48. The lowest BCUT2D eigenvalue weighted by atomic mass is 10.1. The average molecular weight is 546 g/mol. The summed E-state index contributed by atoms with van der Waals surface area (Å²) in [4.78, 5) is 27.1. The summed E-state index contributed by atoms with van der Waals surface area (Å²) in [6.45, 7) is 0. The van der Waals surface area contributed by atoms with Crippen LogP contribution >= 0.6 is 24.0 Å². The van der Waals surface area contributed by atoms with Gasteiger partial charge in [0.25, 0.3) is 5.91 Å². The van der Waals surface area contributed by atoms with Crippen molar-refractivity contribution in [2.45, 2.75) is 12.5 Å². The Balaban J connectivity index is 1.45. The zero-order chi connectivity index (χ0) is 25.9. The number of thiocarbonyl (C=S) groups is 1. The van der Waals surface area contributed by atoms with Crippen LogP contribution in [0.4, 0.5) is 0 Å². The number of benzene rings is 2. The van der Waals surface area contributed by atoms with Gasteiger partial charge in [0.05, 0.1) is 36.7 Å². The minimum Gasteiger partial charge on any atom is -0.497 e. The van der Waals surface area contributed by atoms with E-state index < -0.39 is 21.8 Å². The van der Waals surface area contributed by atoms with Gasteiger partial charge >= 0.3 is 5.97 Å². The van der Waals surface area contributed by atoms with E-state index in [1.54, 1.807) is 49.6 Å². The molecule has 36 heavy (non-hydrogen) atoms. The number of thioether (sulfide) groups is 1. The predicted octanol–water partition coefficient (Wildman–Crippen LogP) is 3.71. The summed E-state index contributed by atoms with van der Waals surface area (Å²) in [5.41, 5.74) is 1.45. The van der Waals surface area contributed by atoms with Gasteiger partial charge < -0.3 is 14.2 Å². The fraction of sp³-hybridized carbons (Fsp3) is 0.240. The fourth-order valence-electron chi connectivity index (χ4n) is 3.80. The van der Waals surface area contributed by atoms with Crippen LogP contribution in [0, 0.1) is 0 Å². The highest BCUT2D eigenvalue weighted by molar-refractivity contribution is 8.26. The van der Waals surface area contributed by atoms with Crippen LogP contribution in [0.3, 0.4) is 0 Å². The third-order valence-corrected chi connectivity index (χ3v) is 8.70. The zero-order valence-electron chi connectivity index (χ0n) is 19.5. The smallest absolute Gasteiger partial charge is 0.336 e. The van der Waals surface area contributed by atoms with E-state index >= 15 is 0 Å². The lowest BCUT2D eigenvalue weighted by Crippen LogP contribution is -2.39. The van der Waals surface area contributed by atoms with Gasteiger partial charge in [-0.1, -0.05) is 42.2 Å². The molecule has 11 heteroatoms. The monoisotopic (exact) mass is 545 g/mol. The van der Waals surface area contributed by atoms with Crippen molar-refractivity contribution in [3.63, 3.8) is 0 Å². The first-order valence-corrected chi connectivity index (χ1v) is 13.9. The summed E-state index contributed by atoms with van der Waals surface area (Å²) < 4.78 is 39.9. The van der Waals surface area contributed by atoms with Crippen molar-refractivity contribution in [2.24, 2.45) is 0 Å². The average Bonchev–Trinajstić information content (AvgIpc) is 3.35. The second-order valence-electron chi connectivity index (χ2n) is 8.05. The number of nitrogens with zero attached hydrogens (tertiary/aromatic N) is 1. The molecule has 2 aromatic carbocycles. The van der Waals surface area contributed by atoms with Crippen molar-refractivity contribution >= 4 is 62.2 Å². The number of hydrogen-bond acceptors (Lipinski definition) is 9. The third kappa shape index (κ3) is 5.97. The molecule has 2 aliphatic rings. The summed E-state index contributed by atoms with van der Waals surface area (Å²) in [7, 11) is -0.125. The Hall–Kier alpha value is -3.15. The molecule has 8 nitrogen and oxygen atoms in total. The van der Waals surface area contributed by atoms with Crippen LogP contribution in [-0.4, -0.2) is 61.3 Å². The molecule has 0 saturated carbocycles. The van der Waals surface area contributed by atoms with E-state index in [2.05, 4.69) is 0 Å². The SMILES string of the molecule is COc1ccc(/C=C/C(=O)Oc2ccc(/C=C3/SC(=S)N([C@@H]4CCS(=O)(=O)C4)C3=O)cc2OC)cc1. The molecule has 0 aromatic heterocycles. The minimum absolute atomic E-state index is 0.0560. The van der Waals surface area contributed by atoms with Crippen LogP contribution in [0.15, 0.2) is 53.4 Å². The standard InChI is InChI=1S/C25H23NO7S3/c1-31-19-7-3-16(4-8-19)6-10-23(27)33-20-9-5-17(13-21(20)32-2)14-22-24(28)26(25(34)35-22)18-11-12-36(29,30)15-18/h3-10,13-14,18H,11-12,15H2,1-2H3/b10-6+,22-14+/t18-/m1/s1. The molecule has 0 aliphatic carbocycles. The highest BCUT2D eigenvalue weighted by Gasteiger charge is 2.42. The molecule has 2 saturated heterocycles. The largest absolute Gasteiger partial charge is 0.497 e. The van der Waals surface area contributed by atoms with Crippen LogP contribution < -0.4 is 14.2 Å². The van der Waals surface area contributed by atoms with E-state index in [4.69, 9.17) is 26.4 Å². The van der Waals surface area contributed by atoms with Crippen LogP contribution in [0.25, 0.3) is 12.2 Å². The predicted molar refractivity (Wildman–Crippen MR) is 143 cm³/mol. The highest BCUT2D eigenvalue weighted by atomic mass is 32.2. The molecule has 0 radical (unpaired) electrons. The quantitative estimate of drug-likeness (QED) is 0.223. The van der Waals surface area contributed by atoms with Crippen LogP contribution in [0.1, 0.15) is 17.5 Å². The van der Waals surface area contributed by atoms with Crippen LogP contribution in [0.2, 0.25) is 0 Å². The molecule has 0 unspecified atom stereocenters. The molecule has 1 amide bonds. The number of amides is 1. The number of sulfone groups is 1. The minimum atomic E-state index is -3.15. The van der Waals surface area contributed by atoms with E-state index in [9.17, 15) is 18.0 Å². The molecule has 2 fully saturated rings. The number of hydrogen-bond donors (Lipinski definition) is 0. The van der Waals surface area contributed by atoms with Crippen molar-refractivity contribution in [1.29, 1.82) is 0 Å². The maximum atomic E-state index is 12.9. The Morgan fingerprint density at radius 1 is 1.08 bits per heavy atom. The Bertz CT molecular complexity index is 1360. The lowest BCUT2D eigenvalue weighted by Gasteiger charge is -2.20. The Morgan fingerprint density at radius 3 is 2.44 bits per heavy atom. The molecule has 1 atom stereocenters. The molecule has 2 aromatic rings. The van der Waals surface area contributed by atoms with Gasteiger partial charge in [0.1, 0.15) is 10.1 Å². The van der Waals surface area contributed by atoms with Crippen molar-refractivity contribution in [1.82, 2.24) is 4.90 Å². The topological polar surface area (TPSA) is 99.2 Å². The second-order valence-corrected chi connectivity index (χ2v) is 12.0. The molecule has 2 heterocycles. The number of ether oxygens (including phenoxy) is 3. The summed E-state index contributed by atoms with van der Waals surface area (Å²) in [6, 6.07) is 11.7. The van der Waals surface area contributed by atoms with Gasteiger partial charge in [0.2, 0.25) is 0 Å². The van der Waals surface area contributed by atoms with Crippen molar-refractivity contribution in [3.05, 3.63) is 64.6 Å². The fourth-order valence-corrected chi connectivity index (χ4v) is 6.91. The van der Waals surface area contributed by atoms with E-state index in [-0.39, 0.29) is 23.2 Å². The van der Waals surface area contributed by atoms with Gasteiger partial charge in [0.15, 0.2) is 21.3 Å². The van der Waals surface area contributed by atoms with Crippen molar-refractivity contribution in [3.8, 4) is 17.2 Å². The first kappa shape index (κ1) is 25.9. The first-order chi connectivity index (χ1) is 17.2. The van der Waals surface area contributed by atoms with E-state index in [0.29, 0.717) is 32.7 Å². The van der Waals surface area contributed by atoms with Gasteiger partial charge in [0, 0.05) is 6.08 Å². The summed E-state index contributed by atoms with van der Waals surface area (Å²) in [5.74, 6) is 0.339. The molecule has 4 rings (SSSR count). The Labute approximate surface area is 218 Å². The Morgan fingerprint density at radius 2 is 1.81 bits per heavy atom. The second kappa shape index (κ2) is 10.9. The number of methoxy groups -OCH3 is 2. The van der Waals surface area contributed by atoms with E-state index in [1.807, 2.05) is 12.1 Å². The number of carbonyl (C=O) groups excluding carboxylic acids is 2. The van der Waals surface area contributed by atoms with Gasteiger partial charge in [-0.25, -0.2) is 13.2 Å². The number of rotatable bonds is 7. The molecule has 0 bridgehead atoms. The first-order valence-electron chi connectivity index (χ1n) is 10.9. The van der Waals surface area contributed by atoms with Crippen molar-refractivity contribution < 1.29 is 32.2 Å². The summed E-state index contributed by atoms with van der Waals surface area (Å²) in [6.07, 6.45) is 4.97. The van der Waals surface area contributed by atoms with Crippen molar-refractivity contribution in [2.75, 3.05) is 25.7 Å². The maximum absolute atomic E-state index is 12.9. The maximum Gasteiger partial charge on any atom is 0.336 e. The molecule has 0 N–H and O–H groups in total. The van der Waals surface area contributed by atoms with Crippen LogP contribution in [-0.2, 0) is 19.4 Å². The third-order valence-electron chi connectivity index (χ3n) is 5.62.